The van der Waals surface area contributed by atoms with E-state index >= 15 is 0 Å². The van der Waals surface area contributed by atoms with Crippen LogP contribution in [0.5, 0.6) is 0 Å². The molecule has 2 aromatic rings. The van der Waals surface area contributed by atoms with Gasteiger partial charge >= 0.3 is 0 Å². The van der Waals surface area contributed by atoms with Gasteiger partial charge in [-0.3, -0.25) is 14.7 Å². The van der Waals surface area contributed by atoms with Gasteiger partial charge in [0.15, 0.2) is 0 Å². The number of piperidine rings is 1. The third kappa shape index (κ3) is 6.87. The van der Waals surface area contributed by atoms with Gasteiger partial charge in [-0.15, -0.1) is 5.10 Å². The molecule has 1 aromatic carbocycles. The molecule has 0 saturated carbocycles. The van der Waals surface area contributed by atoms with E-state index in [-0.39, 0.29) is 17.9 Å². The van der Waals surface area contributed by atoms with Crippen molar-refractivity contribution < 1.29 is 9.59 Å². The molecule has 0 radical (unpaired) electrons. The molecule has 2 heterocycles. The quantitative estimate of drug-likeness (QED) is 0.652. The van der Waals surface area contributed by atoms with E-state index < -0.39 is 0 Å². The van der Waals surface area contributed by atoms with Crippen LogP contribution >= 0.6 is 23.2 Å². The summed E-state index contributed by atoms with van der Waals surface area (Å²) in [5.74, 6) is -0.0190. The Labute approximate surface area is 179 Å². The first-order valence-electron chi connectivity index (χ1n) is 9.57. The summed E-state index contributed by atoms with van der Waals surface area (Å²) < 4.78 is 0. The highest BCUT2D eigenvalue weighted by Gasteiger charge is 2.22. The number of amides is 2. The van der Waals surface area contributed by atoms with Gasteiger partial charge in [-0.05, 0) is 55.5 Å². The summed E-state index contributed by atoms with van der Waals surface area (Å²) >= 11 is 11.9. The smallest absolute Gasteiger partial charge is 0.246 e. The largest absolute Gasteiger partial charge is 0.353 e. The van der Waals surface area contributed by atoms with Crippen molar-refractivity contribution in [1.29, 1.82) is 0 Å². The van der Waals surface area contributed by atoms with Gasteiger partial charge in [0.05, 0.1) is 5.69 Å². The normalized spacial score (nSPS) is 15.0. The van der Waals surface area contributed by atoms with Gasteiger partial charge < -0.3 is 10.2 Å². The van der Waals surface area contributed by atoms with Crippen LogP contribution in [-0.4, -0.2) is 51.3 Å². The summed E-state index contributed by atoms with van der Waals surface area (Å²) in [6, 6.07) is 5.26. The maximum atomic E-state index is 12.4. The predicted octanol–water partition coefficient (Wildman–Crippen LogP) is 3.25. The van der Waals surface area contributed by atoms with Crippen molar-refractivity contribution in [3.8, 4) is 0 Å². The van der Waals surface area contributed by atoms with Crippen LogP contribution in [0.1, 0.15) is 36.9 Å². The molecular weight excluding hydrogens is 413 g/mol. The van der Waals surface area contributed by atoms with E-state index in [4.69, 9.17) is 23.2 Å². The third-order valence-electron chi connectivity index (χ3n) is 4.78. The standard InChI is InChI=1S/C20H23Cl2N5O2/c21-15-10-14(11-16(22)12-15)4-5-20(29)27-8-6-17(7-9-27)24-19(28)3-1-2-18-13-23-26-25-18/h4-5,10-13,17H,1-3,6-9H2,(H,24,28)(H,23,25,26). The predicted molar refractivity (Wildman–Crippen MR) is 113 cm³/mol. The first-order chi connectivity index (χ1) is 14.0. The molecule has 2 amide bonds. The average molecular weight is 436 g/mol. The van der Waals surface area contributed by atoms with E-state index in [1.165, 1.54) is 6.08 Å². The minimum Gasteiger partial charge on any atom is -0.353 e. The van der Waals surface area contributed by atoms with Crippen LogP contribution in [0.25, 0.3) is 6.08 Å². The molecule has 1 aliphatic heterocycles. The van der Waals surface area contributed by atoms with E-state index in [0.717, 1.165) is 36.9 Å². The number of aromatic amines is 1. The van der Waals surface area contributed by atoms with Gasteiger partial charge in [0.2, 0.25) is 11.8 Å². The Morgan fingerprint density at radius 3 is 2.59 bits per heavy atom. The van der Waals surface area contributed by atoms with E-state index in [1.54, 1.807) is 35.4 Å². The molecular formula is C20H23Cl2N5O2. The lowest BCUT2D eigenvalue weighted by atomic mass is 10.0. The van der Waals surface area contributed by atoms with Gasteiger partial charge in [-0.25, -0.2) is 0 Å². The van der Waals surface area contributed by atoms with Gasteiger partial charge in [-0.1, -0.05) is 28.4 Å². The number of likely N-dealkylation sites (tertiary alicyclic amines) is 1. The van der Waals surface area contributed by atoms with Crippen molar-refractivity contribution in [3.63, 3.8) is 0 Å². The van der Waals surface area contributed by atoms with E-state index in [9.17, 15) is 9.59 Å². The van der Waals surface area contributed by atoms with Crippen LogP contribution in [0.4, 0.5) is 0 Å². The van der Waals surface area contributed by atoms with E-state index in [1.807, 2.05) is 0 Å². The van der Waals surface area contributed by atoms with Crippen LogP contribution in [0.2, 0.25) is 10.0 Å². The number of rotatable bonds is 7. The number of aryl methyl sites for hydroxylation is 1. The Hall–Kier alpha value is -2.38. The number of H-pyrrole nitrogens is 1. The minimum atomic E-state index is -0.0570. The monoisotopic (exact) mass is 435 g/mol. The molecule has 1 fully saturated rings. The lowest BCUT2D eigenvalue weighted by Gasteiger charge is -2.31. The first kappa shape index (κ1) is 21.3. The summed E-state index contributed by atoms with van der Waals surface area (Å²) in [5.41, 5.74) is 1.64. The molecule has 0 aliphatic carbocycles. The lowest BCUT2D eigenvalue weighted by molar-refractivity contribution is -0.127. The maximum absolute atomic E-state index is 12.4. The molecule has 1 saturated heterocycles. The zero-order valence-corrected chi connectivity index (χ0v) is 17.4. The average Bonchev–Trinajstić information content (AvgIpc) is 3.19. The molecule has 9 heteroatoms. The number of carbonyl (C=O) groups excluding carboxylic acids is 2. The molecule has 29 heavy (non-hydrogen) atoms. The highest BCUT2D eigenvalue weighted by Crippen LogP contribution is 2.20. The summed E-state index contributed by atoms with van der Waals surface area (Å²) in [6.45, 7) is 1.23. The topological polar surface area (TPSA) is 91.0 Å². The van der Waals surface area contributed by atoms with Gasteiger partial charge in [0.25, 0.3) is 0 Å². The van der Waals surface area contributed by atoms with Crippen LogP contribution in [0, 0.1) is 0 Å². The second-order valence-electron chi connectivity index (χ2n) is 7.02. The number of halogens is 2. The van der Waals surface area contributed by atoms with Crippen LogP contribution in [0.3, 0.4) is 0 Å². The summed E-state index contributed by atoms with van der Waals surface area (Å²) in [5, 5.41) is 14.3. The summed E-state index contributed by atoms with van der Waals surface area (Å²) in [4.78, 5) is 26.3. The second kappa shape index (κ2) is 10.4. The Bertz CT molecular complexity index is 842. The Morgan fingerprint density at radius 1 is 1.21 bits per heavy atom. The number of hydrogen-bond acceptors (Lipinski definition) is 4. The van der Waals surface area contributed by atoms with Crippen molar-refractivity contribution in [2.75, 3.05) is 13.1 Å². The first-order valence-corrected chi connectivity index (χ1v) is 10.3. The molecule has 2 N–H and O–H groups in total. The second-order valence-corrected chi connectivity index (χ2v) is 7.89. The highest BCUT2D eigenvalue weighted by atomic mass is 35.5. The van der Waals surface area contributed by atoms with Gasteiger partial charge in [0.1, 0.15) is 0 Å². The SMILES string of the molecule is O=C(CCCc1c[nH]nn1)NC1CCN(C(=O)C=Cc2cc(Cl)cc(Cl)c2)CC1. The Kier molecular flexibility index (Phi) is 7.66. The van der Waals surface area contributed by atoms with Crippen molar-refractivity contribution >= 4 is 41.1 Å². The fourth-order valence-corrected chi connectivity index (χ4v) is 3.81. The number of nitrogens with one attached hydrogen (secondary N) is 2. The molecule has 3 rings (SSSR count). The molecule has 7 nitrogen and oxygen atoms in total. The van der Waals surface area contributed by atoms with E-state index in [0.29, 0.717) is 29.6 Å². The Morgan fingerprint density at radius 2 is 1.93 bits per heavy atom. The summed E-state index contributed by atoms with van der Waals surface area (Å²) in [6.07, 6.45) is 8.38. The summed E-state index contributed by atoms with van der Waals surface area (Å²) in [7, 11) is 0. The zero-order chi connectivity index (χ0) is 20.6. The molecule has 0 unspecified atom stereocenters. The third-order valence-corrected chi connectivity index (χ3v) is 5.22. The number of hydrogen-bond donors (Lipinski definition) is 2. The zero-order valence-electron chi connectivity index (χ0n) is 15.9. The van der Waals surface area contributed by atoms with Crippen LogP contribution in [-0.2, 0) is 16.0 Å². The molecule has 154 valence electrons. The van der Waals surface area contributed by atoms with Crippen molar-refractivity contribution in [2.24, 2.45) is 0 Å². The molecule has 1 aliphatic rings. The highest BCUT2D eigenvalue weighted by molar-refractivity contribution is 6.34. The van der Waals surface area contributed by atoms with Gasteiger partial charge in [-0.2, -0.15) is 0 Å². The maximum Gasteiger partial charge on any atom is 0.246 e. The molecule has 0 atom stereocenters. The van der Waals surface area contributed by atoms with E-state index in [2.05, 4.69) is 20.7 Å². The van der Waals surface area contributed by atoms with Crippen LogP contribution < -0.4 is 5.32 Å². The van der Waals surface area contributed by atoms with Crippen molar-refractivity contribution in [1.82, 2.24) is 25.6 Å². The molecule has 0 bridgehead atoms. The fraction of sp³-hybridized carbons (Fsp3) is 0.400. The number of aromatic nitrogens is 3. The number of benzene rings is 1. The number of nitrogens with zero attached hydrogens (tertiary/aromatic N) is 3. The Balaban J connectivity index is 1.38. The van der Waals surface area contributed by atoms with Gasteiger partial charge in [0, 0.05) is 47.9 Å². The van der Waals surface area contributed by atoms with Crippen molar-refractivity contribution in [3.05, 3.63) is 51.8 Å². The van der Waals surface area contributed by atoms with Crippen molar-refractivity contribution in [2.45, 2.75) is 38.1 Å². The molecule has 1 aromatic heterocycles. The van der Waals surface area contributed by atoms with Crippen LogP contribution in [0.15, 0.2) is 30.5 Å². The number of carbonyl (C=O) groups is 2. The minimum absolute atomic E-state index is 0.0380. The fourth-order valence-electron chi connectivity index (χ4n) is 3.27. The molecule has 0 spiro atoms. The lowest BCUT2D eigenvalue weighted by Crippen LogP contribution is -2.46.